The molecule has 0 fully saturated rings. The monoisotopic (exact) mass is 277 g/mol. The highest BCUT2D eigenvalue weighted by atomic mass is 19.1. The van der Waals surface area contributed by atoms with E-state index in [0.717, 1.165) is 12.1 Å². The van der Waals surface area contributed by atoms with E-state index in [2.05, 4.69) is 25.2 Å². The molecule has 0 aliphatic rings. The first kappa shape index (κ1) is 16.5. The number of hydrogen-bond donors (Lipinski definition) is 1. The van der Waals surface area contributed by atoms with E-state index in [9.17, 15) is 4.39 Å². The van der Waals surface area contributed by atoms with Crippen molar-refractivity contribution in [1.29, 1.82) is 5.26 Å². The zero-order valence-electron chi connectivity index (χ0n) is 12.8. The zero-order chi connectivity index (χ0) is 15.1. The summed E-state index contributed by atoms with van der Waals surface area (Å²) in [5.74, 6) is 0.201. The molecule has 20 heavy (non-hydrogen) atoms. The maximum Gasteiger partial charge on any atom is 0.146 e. The van der Waals surface area contributed by atoms with Gasteiger partial charge in [-0.2, -0.15) is 5.26 Å². The summed E-state index contributed by atoms with van der Waals surface area (Å²) in [7, 11) is 1.86. The Kier molecular flexibility index (Phi) is 6.47. The quantitative estimate of drug-likeness (QED) is 0.829. The van der Waals surface area contributed by atoms with Crippen LogP contribution < -0.4 is 10.2 Å². The number of benzene rings is 1. The van der Waals surface area contributed by atoms with Gasteiger partial charge < -0.3 is 10.2 Å². The van der Waals surface area contributed by atoms with Crippen LogP contribution >= 0.6 is 0 Å². The molecule has 0 radical (unpaired) electrons. The third-order valence-corrected chi connectivity index (χ3v) is 3.32. The molecule has 0 aromatic heterocycles. The lowest BCUT2D eigenvalue weighted by Crippen LogP contribution is -2.29. The van der Waals surface area contributed by atoms with Crippen molar-refractivity contribution < 1.29 is 4.39 Å². The van der Waals surface area contributed by atoms with Gasteiger partial charge in [-0.05, 0) is 37.6 Å². The number of hydrogen-bond acceptors (Lipinski definition) is 3. The van der Waals surface area contributed by atoms with Gasteiger partial charge in [0.15, 0.2) is 0 Å². The van der Waals surface area contributed by atoms with Gasteiger partial charge in [0.1, 0.15) is 5.82 Å². The van der Waals surface area contributed by atoms with E-state index in [0.29, 0.717) is 24.6 Å². The maximum atomic E-state index is 14.3. The van der Waals surface area contributed by atoms with Crippen LogP contribution in [0.3, 0.4) is 0 Å². The summed E-state index contributed by atoms with van der Waals surface area (Å²) >= 11 is 0. The minimum Gasteiger partial charge on any atom is -0.368 e. The molecule has 0 saturated carbocycles. The van der Waals surface area contributed by atoms with Crippen LogP contribution in [0.25, 0.3) is 0 Å². The first-order valence-electron chi connectivity index (χ1n) is 7.08. The topological polar surface area (TPSA) is 39.1 Å². The molecule has 110 valence electrons. The highest BCUT2D eigenvalue weighted by molar-refractivity contribution is 5.49. The van der Waals surface area contributed by atoms with E-state index in [1.54, 1.807) is 6.07 Å². The minimum absolute atomic E-state index is 0.121. The van der Waals surface area contributed by atoms with Crippen LogP contribution in [0.4, 0.5) is 10.1 Å². The van der Waals surface area contributed by atoms with Gasteiger partial charge in [0.2, 0.25) is 0 Å². The number of rotatable bonds is 7. The average molecular weight is 277 g/mol. The SMILES string of the molecule is CNC(C)c1ccc(N(CCC#N)CC(C)C)c(F)c1. The third kappa shape index (κ3) is 4.50. The van der Waals surface area contributed by atoms with E-state index in [-0.39, 0.29) is 11.9 Å². The number of nitrogens with one attached hydrogen (secondary N) is 1. The molecule has 0 bridgehead atoms. The number of nitriles is 1. The lowest BCUT2D eigenvalue weighted by molar-refractivity contribution is 0.576. The Labute approximate surface area is 121 Å². The molecule has 0 aliphatic carbocycles. The van der Waals surface area contributed by atoms with Crippen molar-refractivity contribution in [2.24, 2.45) is 5.92 Å². The van der Waals surface area contributed by atoms with Gasteiger partial charge in [0, 0.05) is 19.1 Å². The molecule has 1 N–H and O–H groups in total. The summed E-state index contributed by atoms with van der Waals surface area (Å²) in [6, 6.07) is 7.59. The smallest absolute Gasteiger partial charge is 0.146 e. The molecular formula is C16H24FN3. The van der Waals surface area contributed by atoms with Crippen LogP contribution in [0.5, 0.6) is 0 Å². The van der Waals surface area contributed by atoms with Crippen molar-refractivity contribution in [3.8, 4) is 6.07 Å². The lowest BCUT2D eigenvalue weighted by Gasteiger charge is -2.26. The van der Waals surface area contributed by atoms with E-state index < -0.39 is 0 Å². The van der Waals surface area contributed by atoms with Crippen molar-refractivity contribution in [2.45, 2.75) is 33.2 Å². The summed E-state index contributed by atoms with van der Waals surface area (Å²) in [6.45, 7) is 7.49. The molecule has 3 nitrogen and oxygen atoms in total. The zero-order valence-corrected chi connectivity index (χ0v) is 12.8. The Morgan fingerprint density at radius 3 is 2.55 bits per heavy atom. The van der Waals surface area contributed by atoms with Gasteiger partial charge in [0.25, 0.3) is 0 Å². The molecule has 1 rings (SSSR count). The molecule has 0 spiro atoms. The Hall–Kier alpha value is -1.60. The van der Waals surface area contributed by atoms with Gasteiger partial charge in [-0.25, -0.2) is 4.39 Å². The summed E-state index contributed by atoms with van der Waals surface area (Å²) in [5, 5.41) is 11.8. The molecule has 0 amide bonds. The largest absolute Gasteiger partial charge is 0.368 e. The molecule has 1 atom stereocenters. The summed E-state index contributed by atoms with van der Waals surface area (Å²) in [5.41, 5.74) is 1.51. The Morgan fingerprint density at radius 1 is 1.35 bits per heavy atom. The molecule has 0 saturated heterocycles. The molecule has 4 heteroatoms. The predicted molar refractivity (Wildman–Crippen MR) is 81.2 cm³/mol. The highest BCUT2D eigenvalue weighted by Gasteiger charge is 2.14. The number of halogens is 1. The first-order valence-corrected chi connectivity index (χ1v) is 7.08. The van der Waals surface area contributed by atoms with Gasteiger partial charge in [0.05, 0.1) is 18.2 Å². The van der Waals surface area contributed by atoms with Gasteiger partial charge >= 0.3 is 0 Å². The van der Waals surface area contributed by atoms with E-state index >= 15 is 0 Å². The second-order valence-electron chi connectivity index (χ2n) is 5.47. The van der Waals surface area contributed by atoms with Crippen LogP contribution in [-0.4, -0.2) is 20.1 Å². The first-order chi connectivity index (χ1) is 9.49. The normalized spacial score (nSPS) is 12.2. The van der Waals surface area contributed by atoms with Crippen LogP contribution in [0.2, 0.25) is 0 Å². The fourth-order valence-corrected chi connectivity index (χ4v) is 2.15. The van der Waals surface area contributed by atoms with Crippen molar-refractivity contribution in [3.63, 3.8) is 0 Å². The van der Waals surface area contributed by atoms with E-state index in [1.807, 2.05) is 31.0 Å². The second-order valence-corrected chi connectivity index (χ2v) is 5.47. The van der Waals surface area contributed by atoms with Crippen molar-refractivity contribution in [3.05, 3.63) is 29.6 Å². The standard InChI is InChI=1S/C16H24FN3/c1-12(2)11-20(9-5-8-18)16-7-6-14(10-15(16)17)13(3)19-4/h6-7,10,12-13,19H,5,9,11H2,1-4H3. The predicted octanol–water partition coefficient (Wildman–Crippen LogP) is 3.48. The Bertz CT molecular complexity index is 465. The minimum atomic E-state index is -0.219. The molecule has 1 unspecified atom stereocenters. The van der Waals surface area contributed by atoms with Gasteiger partial charge in [-0.15, -0.1) is 0 Å². The van der Waals surface area contributed by atoms with Crippen LogP contribution in [0.1, 0.15) is 38.8 Å². The molecule has 0 aliphatic heterocycles. The summed E-state index contributed by atoms with van der Waals surface area (Å²) in [6.07, 6.45) is 0.404. The van der Waals surface area contributed by atoms with E-state index in [1.165, 1.54) is 0 Å². The van der Waals surface area contributed by atoms with Gasteiger partial charge in [-0.1, -0.05) is 19.9 Å². The summed E-state index contributed by atoms with van der Waals surface area (Å²) < 4.78 is 14.3. The van der Waals surface area contributed by atoms with Crippen molar-refractivity contribution in [1.82, 2.24) is 5.32 Å². The fourth-order valence-electron chi connectivity index (χ4n) is 2.15. The lowest BCUT2D eigenvalue weighted by atomic mass is 10.1. The summed E-state index contributed by atoms with van der Waals surface area (Å²) in [4.78, 5) is 1.96. The average Bonchev–Trinajstić information content (AvgIpc) is 2.42. The number of nitrogens with zero attached hydrogens (tertiary/aromatic N) is 2. The number of anilines is 1. The van der Waals surface area contributed by atoms with Crippen molar-refractivity contribution in [2.75, 3.05) is 25.0 Å². The van der Waals surface area contributed by atoms with Crippen LogP contribution in [-0.2, 0) is 0 Å². The molecule has 1 aromatic carbocycles. The third-order valence-electron chi connectivity index (χ3n) is 3.32. The Balaban J connectivity index is 2.98. The van der Waals surface area contributed by atoms with Gasteiger partial charge in [-0.3, -0.25) is 0 Å². The fraction of sp³-hybridized carbons (Fsp3) is 0.562. The van der Waals surface area contributed by atoms with Crippen molar-refractivity contribution >= 4 is 5.69 Å². The molecular weight excluding hydrogens is 253 g/mol. The highest BCUT2D eigenvalue weighted by Crippen LogP contribution is 2.24. The van der Waals surface area contributed by atoms with E-state index in [4.69, 9.17) is 5.26 Å². The second kappa shape index (κ2) is 7.86. The molecule has 1 aromatic rings. The van der Waals surface area contributed by atoms with Crippen LogP contribution in [0, 0.1) is 23.1 Å². The maximum absolute atomic E-state index is 14.3. The molecule has 0 heterocycles. The van der Waals surface area contributed by atoms with Crippen LogP contribution in [0.15, 0.2) is 18.2 Å². The Morgan fingerprint density at radius 2 is 2.05 bits per heavy atom.